The molecular weight excluding hydrogens is 1020 g/mol. The van der Waals surface area contributed by atoms with Crippen LogP contribution in [-0.2, 0) is 60.1 Å². The Kier molecular flexibility index (Phi) is 17.4. The lowest BCUT2D eigenvalue weighted by Crippen LogP contribution is -2.41. The van der Waals surface area contributed by atoms with Crippen LogP contribution in [-0.4, -0.2) is 112 Å². The molecule has 0 radical (unpaired) electrons. The number of carbonyl (C=O) groups is 4. The third kappa shape index (κ3) is 12.7. The lowest BCUT2D eigenvalue weighted by molar-refractivity contribution is -0.142. The average molecular weight is 1090 g/mol. The second-order valence-electron chi connectivity index (χ2n) is 21.1. The molecule has 398 valence electrons. The van der Waals surface area contributed by atoms with Crippen molar-refractivity contribution in [2.75, 3.05) is 24.9 Å². The lowest BCUT2D eigenvalue weighted by atomic mass is 9.49. The topological polar surface area (TPSA) is 202 Å². The predicted molar refractivity (Wildman–Crippen MR) is 295 cm³/mol. The standard InChI is InChI=1S/C23H26BN3O5.C17H14BrN3O3.C12H24B2O4.CH4/c1-22(2)23(3,4)32-24(31-22)15-10-12-16(13-11-15)25-21(29)20-17-8-6-7-9-18(17)27(26-20)14-19(28)30-5;1-24-15(22)10-21-14-5-3-2-4-13(14)16(20-21)17(23)19-12-8-6-11(18)7-9-12;1-9(2)10(3,4)16-13(15-9)14-17-11(5,6)12(7,8)18-14;/h6-13H,14H2,1-5H3,(H,25,29);2-9H,10H2,1H3,(H,19,23);1-8H3;1H4. The van der Waals surface area contributed by atoms with Crippen LogP contribution < -0.4 is 16.1 Å². The Labute approximate surface area is 448 Å². The molecule has 2 amide bonds. The van der Waals surface area contributed by atoms with E-state index < -0.39 is 44.3 Å². The third-order valence-electron chi connectivity index (χ3n) is 14.3. The molecule has 0 bridgehead atoms. The number of nitrogens with one attached hydrogen (secondary N) is 2. The summed E-state index contributed by atoms with van der Waals surface area (Å²) in [7, 11) is 1.21. The molecule has 2 aromatic heterocycles. The van der Waals surface area contributed by atoms with Gasteiger partial charge in [-0.05, 0) is 137 Å². The van der Waals surface area contributed by atoms with Crippen molar-refractivity contribution < 1.29 is 56.6 Å². The van der Waals surface area contributed by atoms with Gasteiger partial charge in [-0.1, -0.05) is 71.9 Å². The van der Waals surface area contributed by atoms with Crippen molar-refractivity contribution in [3.8, 4) is 0 Å². The number of nitrogens with zero attached hydrogens (tertiary/aromatic N) is 4. The molecule has 5 heterocycles. The molecule has 0 atom stereocenters. The van der Waals surface area contributed by atoms with Gasteiger partial charge in [0.25, 0.3) is 11.8 Å². The van der Waals surface area contributed by atoms with E-state index in [4.69, 9.17) is 32.7 Å². The SMILES string of the molecule is C.CC1(C)OB(B2OC(C)(C)C(C)(C)O2)OC1(C)C.COC(=O)Cn1nc(C(=O)Nc2ccc(B3OC(C)(C)C(C)(C)O3)cc2)c2ccccc21.COC(=O)Cn1nc(C(=O)Nc2ccc(Br)cc2)c2ccccc21. The molecule has 0 saturated carbocycles. The number of fused-ring (bicyclic) bond motifs is 2. The second-order valence-corrected chi connectivity index (χ2v) is 22.0. The summed E-state index contributed by atoms with van der Waals surface area (Å²) in [6.45, 7) is 24.1. The maximum Gasteiger partial charge on any atom is 0.494 e. The molecule has 6 aromatic rings. The first-order valence-electron chi connectivity index (χ1n) is 24.2. The van der Waals surface area contributed by atoms with Gasteiger partial charge in [0, 0.05) is 26.6 Å². The minimum atomic E-state index is -0.476. The molecule has 4 aromatic carbocycles. The summed E-state index contributed by atoms with van der Waals surface area (Å²) in [6, 6.07) is 29.1. The number of halogens is 1. The number of hydrogen-bond acceptors (Lipinski definition) is 14. The number of carbonyl (C=O) groups excluding carboxylic acids is 4. The smallest absolute Gasteiger partial charge is 0.468 e. The van der Waals surface area contributed by atoms with Crippen molar-refractivity contribution in [2.45, 2.75) is 137 Å². The van der Waals surface area contributed by atoms with Gasteiger partial charge in [-0.15, -0.1) is 0 Å². The molecule has 18 nitrogen and oxygen atoms in total. The summed E-state index contributed by atoms with van der Waals surface area (Å²) in [5, 5.41) is 15.6. The van der Waals surface area contributed by atoms with E-state index in [0.717, 1.165) is 9.94 Å². The summed E-state index contributed by atoms with van der Waals surface area (Å²) in [6.07, 6.45) is 0. The molecule has 3 aliphatic rings. The number of hydrogen-bond donors (Lipinski definition) is 2. The van der Waals surface area contributed by atoms with Crippen molar-refractivity contribution in [1.29, 1.82) is 0 Å². The van der Waals surface area contributed by atoms with Crippen molar-refractivity contribution in [3.05, 3.63) is 113 Å². The monoisotopic (exact) mass is 1090 g/mol. The van der Waals surface area contributed by atoms with E-state index in [9.17, 15) is 19.2 Å². The van der Waals surface area contributed by atoms with Gasteiger partial charge < -0.3 is 48.0 Å². The highest BCUT2D eigenvalue weighted by molar-refractivity contribution is 9.10. The molecule has 9 rings (SSSR count). The average Bonchev–Trinajstić information content (AvgIpc) is 4.07. The number of anilines is 2. The Hall–Kier alpha value is -5.87. The molecule has 22 heteroatoms. The normalized spacial score (nSPS) is 18.3. The van der Waals surface area contributed by atoms with Gasteiger partial charge in [-0.25, -0.2) is 0 Å². The zero-order chi connectivity index (χ0) is 54.2. The zero-order valence-corrected chi connectivity index (χ0v) is 46.0. The third-order valence-corrected chi connectivity index (χ3v) is 14.8. The van der Waals surface area contributed by atoms with Gasteiger partial charge in [0.05, 0.1) is 58.9 Å². The first kappa shape index (κ1) is 58.4. The summed E-state index contributed by atoms with van der Waals surface area (Å²) < 4.78 is 49.3. The van der Waals surface area contributed by atoms with Gasteiger partial charge in [0.1, 0.15) is 13.1 Å². The first-order valence-corrected chi connectivity index (χ1v) is 25.0. The van der Waals surface area contributed by atoms with Gasteiger partial charge in [-0.2, -0.15) is 10.2 Å². The van der Waals surface area contributed by atoms with Crippen molar-refractivity contribution in [1.82, 2.24) is 19.6 Å². The van der Waals surface area contributed by atoms with E-state index in [1.54, 1.807) is 42.5 Å². The fraction of sp³-hybridized carbons (Fsp3) is 0.434. The minimum Gasteiger partial charge on any atom is -0.468 e. The fourth-order valence-corrected chi connectivity index (χ4v) is 8.09. The predicted octanol–water partition coefficient (Wildman–Crippen LogP) is 8.87. The van der Waals surface area contributed by atoms with Crippen molar-refractivity contribution in [3.63, 3.8) is 0 Å². The Morgan fingerprint density at radius 3 is 1.17 bits per heavy atom. The number of amides is 2. The van der Waals surface area contributed by atoms with Gasteiger partial charge >= 0.3 is 33.1 Å². The van der Waals surface area contributed by atoms with Gasteiger partial charge in [-0.3, -0.25) is 28.5 Å². The van der Waals surface area contributed by atoms with Gasteiger partial charge in [0.2, 0.25) is 0 Å². The molecule has 75 heavy (non-hydrogen) atoms. The number of esters is 2. The van der Waals surface area contributed by atoms with Crippen LogP contribution in [0.5, 0.6) is 0 Å². The summed E-state index contributed by atoms with van der Waals surface area (Å²) >= 11 is 3.35. The maximum atomic E-state index is 13.0. The van der Waals surface area contributed by atoms with Crippen LogP contribution in [0.15, 0.2) is 102 Å². The highest BCUT2D eigenvalue weighted by Crippen LogP contribution is 2.43. The number of benzene rings is 4. The maximum absolute atomic E-state index is 13.0. The number of rotatable bonds is 10. The Morgan fingerprint density at radius 2 is 0.827 bits per heavy atom. The molecule has 3 saturated heterocycles. The quantitative estimate of drug-likeness (QED) is 0.0973. The van der Waals surface area contributed by atoms with E-state index in [1.165, 1.54) is 23.6 Å². The number of para-hydroxylation sites is 2. The number of aromatic nitrogens is 4. The number of methoxy groups -OCH3 is 2. The van der Waals surface area contributed by atoms with E-state index in [-0.39, 0.29) is 66.1 Å². The molecule has 0 aliphatic carbocycles. The summed E-state index contributed by atoms with van der Waals surface area (Å²) in [5.74, 6) is -1.57. The van der Waals surface area contributed by atoms with E-state index >= 15 is 0 Å². The second kappa shape index (κ2) is 22.4. The highest BCUT2D eigenvalue weighted by atomic mass is 79.9. The minimum absolute atomic E-state index is 0. The van der Waals surface area contributed by atoms with Crippen LogP contribution in [0.2, 0.25) is 0 Å². The molecule has 2 N–H and O–H groups in total. The van der Waals surface area contributed by atoms with Crippen LogP contribution in [0.3, 0.4) is 0 Å². The van der Waals surface area contributed by atoms with Crippen molar-refractivity contribution >= 4 is 99.5 Å². The molecule has 0 unspecified atom stereocenters. The lowest BCUT2D eigenvalue weighted by Gasteiger charge is -2.32. The zero-order valence-electron chi connectivity index (χ0n) is 44.4. The van der Waals surface area contributed by atoms with E-state index in [1.807, 2.05) is 138 Å². The van der Waals surface area contributed by atoms with Crippen LogP contribution >= 0.6 is 15.9 Å². The Morgan fingerprint density at radius 1 is 0.507 bits per heavy atom. The molecular formula is C53H68B3BrN6O12. The van der Waals surface area contributed by atoms with Crippen LogP contribution in [0, 0.1) is 0 Å². The van der Waals surface area contributed by atoms with Crippen molar-refractivity contribution in [2.24, 2.45) is 0 Å². The molecule has 0 spiro atoms. The first-order chi connectivity index (χ1) is 34.6. The summed E-state index contributed by atoms with van der Waals surface area (Å²) in [5.41, 5.74) is 1.74. The van der Waals surface area contributed by atoms with Crippen LogP contribution in [0.1, 0.15) is 111 Å². The Balaban J connectivity index is 0.000000189. The number of ether oxygens (including phenoxy) is 2. The van der Waals surface area contributed by atoms with Gasteiger partial charge in [0.15, 0.2) is 11.4 Å². The molecule has 3 aliphatic heterocycles. The Bertz CT molecular complexity index is 2950. The van der Waals surface area contributed by atoms with Crippen LogP contribution in [0.4, 0.5) is 11.4 Å². The van der Waals surface area contributed by atoms with Crippen LogP contribution in [0.25, 0.3) is 21.8 Å². The highest BCUT2D eigenvalue weighted by Gasteiger charge is 2.63. The van der Waals surface area contributed by atoms with E-state index in [2.05, 4.69) is 41.5 Å². The van der Waals surface area contributed by atoms with E-state index in [0.29, 0.717) is 33.2 Å². The molecule has 3 fully saturated rings. The fourth-order valence-electron chi connectivity index (χ4n) is 7.82. The summed E-state index contributed by atoms with van der Waals surface area (Å²) in [4.78, 5) is 48.8. The largest absolute Gasteiger partial charge is 0.494 e.